The lowest BCUT2D eigenvalue weighted by Gasteiger charge is -2.11. The molecule has 0 fully saturated rings. The number of nitriles is 1. The predicted octanol–water partition coefficient (Wildman–Crippen LogP) is 3.04. The van der Waals surface area contributed by atoms with Gasteiger partial charge >= 0.3 is 0 Å². The lowest BCUT2D eigenvalue weighted by Crippen LogP contribution is -1.99. The summed E-state index contributed by atoms with van der Waals surface area (Å²) < 4.78 is 10.9. The number of benzene rings is 2. The van der Waals surface area contributed by atoms with Crippen LogP contribution in [0.4, 0.5) is 5.69 Å². The van der Waals surface area contributed by atoms with Crippen molar-refractivity contribution in [3.05, 3.63) is 53.1 Å². The van der Waals surface area contributed by atoms with E-state index in [-0.39, 0.29) is 0 Å². The summed E-state index contributed by atoms with van der Waals surface area (Å²) in [5.41, 5.74) is 8.87. The van der Waals surface area contributed by atoms with Gasteiger partial charge in [0.2, 0.25) is 0 Å². The van der Waals surface area contributed by atoms with Crippen molar-refractivity contribution in [2.75, 3.05) is 12.8 Å². The van der Waals surface area contributed by atoms with Gasteiger partial charge in [0.1, 0.15) is 24.2 Å². The molecule has 20 heavy (non-hydrogen) atoms. The van der Waals surface area contributed by atoms with Crippen LogP contribution in [0.3, 0.4) is 0 Å². The number of aryl methyl sites for hydroxylation is 1. The van der Waals surface area contributed by atoms with Gasteiger partial charge in [0, 0.05) is 5.69 Å². The van der Waals surface area contributed by atoms with Crippen molar-refractivity contribution in [3.63, 3.8) is 0 Å². The Morgan fingerprint density at radius 1 is 1.15 bits per heavy atom. The zero-order valence-corrected chi connectivity index (χ0v) is 11.5. The maximum absolute atomic E-state index is 8.94. The molecule has 2 aromatic rings. The summed E-state index contributed by atoms with van der Waals surface area (Å²) in [6.45, 7) is 2.36. The van der Waals surface area contributed by atoms with Crippen molar-refractivity contribution >= 4 is 5.69 Å². The molecule has 2 aromatic carbocycles. The first-order chi connectivity index (χ1) is 9.63. The largest absolute Gasteiger partial charge is 0.495 e. The van der Waals surface area contributed by atoms with Gasteiger partial charge in [-0.15, -0.1) is 0 Å². The second kappa shape index (κ2) is 5.98. The minimum absolute atomic E-state index is 0.410. The van der Waals surface area contributed by atoms with E-state index in [2.05, 4.69) is 6.07 Å². The summed E-state index contributed by atoms with van der Waals surface area (Å²) in [7, 11) is 1.55. The van der Waals surface area contributed by atoms with Gasteiger partial charge in [-0.1, -0.05) is 6.07 Å². The molecular weight excluding hydrogens is 252 g/mol. The zero-order valence-electron chi connectivity index (χ0n) is 11.5. The van der Waals surface area contributed by atoms with Gasteiger partial charge in [-0.3, -0.25) is 0 Å². The smallest absolute Gasteiger partial charge is 0.137 e. The Bertz CT molecular complexity index is 660. The number of nitrogens with zero attached hydrogens (tertiary/aromatic N) is 1. The van der Waals surface area contributed by atoms with E-state index in [0.717, 1.165) is 22.6 Å². The van der Waals surface area contributed by atoms with E-state index >= 15 is 0 Å². The van der Waals surface area contributed by atoms with E-state index in [1.807, 2.05) is 37.3 Å². The molecule has 4 heteroatoms. The molecule has 0 unspecified atom stereocenters. The fourth-order valence-electron chi connectivity index (χ4n) is 1.91. The molecule has 0 radical (unpaired) electrons. The van der Waals surface area contributed by atoms with E-state index in [4.69, 9.17) is 20.5 Å². The number of nitrogen functional groups attached to an aromatic ring is 1. The SMILES string of the molecule is COc1cc(COc2ccc(N)cc2C)ccc1C#N. The quantitative estimate of drug-likeness (QED) is 0.865. The summed E-state index contributed by atoms with van der Waals surface area (Å²) in [5, 5.41) is 8.94. The number of nitrogens with two attached hydrogens (primary N) is 1. The van der Waals surface area contributed by atoms with Crippen LogP contribution in [-0.2, 0) is 6.61 Å². The fraction of sp³-hybridized carbons (Fsp3) is 0.188. The van der Waals surface area contributed by atoms with E-state index < -0.39 is 0 Å². The van der Waals surface area contributed by atoms with Gasteiger partial charge in [0.15, 0.2) is 0 Å². The zero-order chi connectivity index (χ0) is 14.5. The molecule has 102 valence electrons. The molecular formula is C16H16N2O2. The van der Waals surface area contributed by atoms with Gasteiger partial charge in [-0.25, -0.2) is 0 Å². The lowest BCUT2D eigenvalue weighted by molar-refractivity contribution is 0.303. The Balaban J connectivity index is 2.13. The second-order valence-corrected chi connectivity index (χ2v) is 4.46. The summed E-state index contributed by atoms with van der Waals surface area (Å²) in [4.78, 5) is 0. The minimum Gasteiger partial charge on any atom is -0.495 e. The van der Waals surface area contributed by atoms with Crippen LogP contribution in [0.25, 0.3) is 0 Å². The molecule has 0 spiro atoms. The molecule has 0 saturated carbocycles. The molecule has 0 heterocycles. The maximum Gasteiger partial charge on any atom is 0.137 e. The van der Waals surface area contributed by atoms with Crippen LogP contribution in [-0.4, -0.2) is 7.11 Å². The van der Waals surface area contributed by atoms with E-state index in [9.17, 15) is 0 Å². The predicted molar refractivity (Wildman–Crippen MR) is 77.6 cm³/mol. The van der Waals surface area contributed by atoms with Crippen LogP contribution in [0.2, 0.25) is 0 Å². The minimum atomic E-state index is 0.410. The molecule has 0 aromatic heterocycles. The summed E-state index contributed by atoms with van der Waals surface area (Å²) in [6, 6.07) is 13.0. The maximum atomic E-state index is 8.94. The molecule has 0 aliphatic rings. The molecule has 2 N–H and O–H groups in total. The van der Waals surface area contributed by atoms with Crippen LogP contribution in [0, 0.1) is 18.3 Å². The third-order valence-electron chi connectivity index (χ3n) is 2.98. The van der Waals surface area contributed by atoms with E-state index in [1.165, 1.54) is 0 Å². The Hall–Kier alpha value is -2.67. The van der Waals surface area contributed by atoms with Crippen LogP contribution >= 0.6 is 0 Å². The first kappa shape index (κ1) is 13.8. The van der Waals surface area contributed by atoms with Crippen molar-refractivity contribution in [2.45, 2.75) is 13.5 Å². The van der Waals surface area contributed by atoms with Gasteiger partial charge in [-0.2, -0.15) is 5.26 Å². The molecule has 4 nitrogen and oxygen atoms in total. The molecule has 0 saturated heterocycles. The average molecular weight is 268 g/mol. The van der Waals surface area contributed by atoms with Gasteiger partial charge in [0.25, 0.3) is 0 Å². The molecule has 0 bridgehead atoms. The van der Waals surface area contributed by atoms with Crippen molar-refractivity contribution in [1.82, 2.24) is 0 Å². The molecule has 0 aliphatic carbocycles. The van der Waals surface area contributed by atoms with Crippen molar-refractivity contribution in [1.29, 1.82) is 5.26 Å². The summed E-state index contributed by atoms with van der Waals surface area (Å²) in [5.74, 6) is 1.35. The Labute approximate surface area is 118 Å². The van der Waals surface area contributed by atoms with Crippen LogP contribution in [0.1, 0.15) is 16.7 Å². The number of anilines is 1. The standard InChI is InChI=1S/C16H16N2O2/c1-11-7-14(18)5-6-15(11)20-10-12-3-4-13(9-17)16(8-12)19-2/h3-8H,10,18H2,1-2H3. The second-order valence-electron chi connectivity index (χ2n) is 4.46. The van der Waals surface area contributed by atoms with Gasteiger partial charge in [-0.05, 0) is 48.4 Å². The van der Waals surface area contributed by atoms with Crippen LogP contribution in [0.5, 0.6) is 11.5 Å². The topological polar surface area (TPSA) is 68.3 Å². The Morgan fingerprint density at radius 3 is 2.60 bits per heavy atom. The van der Waals surface area contributed by atoms with E-state index in [1.54, 1.807) is 13.2 Å². The third-order valence-corrected chi connectivity index (χ3v) is 2.98. The number of methoxy groups -OCH3 is 1. The average Bonchev–Trinajstić information content (AvgIpc) is 2.46. The van der Waals surface area contributed by atoms with Crippen molar-refractivity contribution in [2.24, 2.45) is 0 Å². The van der Waals surface area contributed by atoms with Crippen molar-refractivity contribution < 1.29 is 9.47 Å². The number of hydrogen-bond acceptors (Lipinski definition) is 4. The number of hydrogen-bond donors (Lipinski definition) is 1. The number of rotatable bonds is 4. The normalized spacial score (nSPS) is 9.85. The lowest BCUT2D eigenvalue weighted by atomic mass is 10.1. The molecule has 2 rings (SSSR count). The third kappa shape index (κ3) is 3.01. The first-order valence-corrected chi connectivity index (χ1v) is 6.20. The van der Waals surface area contributed by atoms with Gasteiger partial charge < -0.3 is 15.2 Å². The Morgan fingerprint density at radius 2 is 1.95 bits per heavy atom. The molecule has 0 amide bonds. The monoisotopic (exact) mass is 268 g/mol. The van der Waals surface area contributed by atoms with E-state index in [0.29, 0.717) is 17.9 Å². The van der Waals surface area contributed by atoms with Gasteiger partial charge in [0.05, 0.1) is 12.7 Å². The highest BCUT2D eigenvalue weighted by Crippen LogP contribution is 2.23. The molecule has 0 atom stereocenters. The fourth-order valence-corrected chi connectivity index (χ4v) is 1.91. The van der Waals surface area contributed by atoms with Crippen LogP contribution < -0.4 is 15.2 Å². The number of ether oxygens (including phenoxy) is 2. The highest BCUT2D eigenvalue weighted by atomic mass is 16.5. The van der Waals surface area contributed by atoms with Crippen LogP contribution in [0.15, 0.2) is 36.4 Å². The highest BCUT2D eigenvalue weighted by molar-refractivity contribution is 5.48. The summed E-state index contributed by atoms with van der Waals surface area (Å²) in [6.07, 6.45) is 0. The van der Waals surface area contributed by atoms with Crippen molar-refractivity contribution in [3.8, 4) is 17.6 Å². The highest BCUT2D eigenvalue weighted by Gasteiger charge is 2.05. The molecule has 0 aliphatic heterocycles. The Kier molecular flexibility index (Phi) is 4.11. The first-order valence-electron chi connectivity index (χ1n) is 6.20. The summed E-state index contributed by atoms with van der Waals surface area (Å²) >= 11 is 0.